The summed E-state index contributed by atoms with van der Waals surface area (Å²) < 4.78 is 0. The number of hydrogen-bond acceptors (Lipinski definition) is 2. The third-order valence-electron chi connectivity index (χ3n) is 1.56. The maximum absolute atomic E-state index is 5.74. The van der Waals surface area contributed by atoms with Gasteiger partial charge in [-0.05, 0) is 18.6 Å². The van der Waals surface area contributed by atoms with Gasteiger partial charge < -0.3 is 5.73 Å². The Morgan fingerprint density at radius 1 is 1.64 bits per heavy atom. The number of aromatic nitrogens is 1. The lowest BCUT2D eigenvalue weighted by molar-refractivity contribution is 0.676. The highest BCUT2D eigenvalue weighted by Gasteiger charge is 2.03. The Morgan fingerprint density at radius 2 is 2.36 bits per heavy atom. The van der Waals surface area contributed by atoms with E-state index in [2.05, 4.69) is 4.98 Å². The number of rotatable bonds is 2. The third-order valence-corrected chi connectivity index (χ3v) is 1.77. The molecule has 1 aromatic rings. The van der Waals surface area contributed by atoms with E-state index >= 15 is 0 Å². The maximum Gasteiger partial charge on any atom is 0.129 e. The van der Waals surface area contributed by atoms with E-state index in [1.165, 1.54) is 0 Å². The van der Waals surface area contributed by atoms with Crippen LogP contribution in [0, 0.1) is 0 Å². The second-order valence-electron chi connectivity index (χ2n) is 2.40. The molecule has 0 aromatic carbocycles. The van der Waals surface area contributed by atoms with Crippen LogP contribution in [0.15, 0.2) is 18.2 Å². The van der Waals surface area contributed by atoms with E-state index in [0.29, 0.717) is 5.15 Å². The highest BCUT2D eigenvalue weighted by atomic mass is 35.5. The quantitative estimate of drug-likeness (QED) is 0.691. The van der Waals surface area contributed by atoms with Crippen LogP contribution in [0.3, 0.4) is 0 Å². The summed E-state index contributed by atoms with van der Waals surface area (Å²) in [6.45, 7) is 2.02. The van der Waals surface area contributed by atoms with Crippen molar-refractivity contribution >= 4 is 11.6 Å². The molecule has 0 fully saturated rings. The molecule has 0 saturated carbocycles. The van der Waals surface area contributed by atoms with Gasteiger partial charge in [0.05, 0.1) is 5.69 Å². The summed E-state index contributed by atoms with van der Waals surface area (Å²) >= 11 is 5.68. The summed E-state index contributed by atoms with van der Waals surface area (Å²) in [5, 5.41) is 0.506. The van der Waals surface area contributed by atoms with Gasteiger partial charge in [0, 0.05) is 6.04 Å². The zero-order valence-electron chi connectivity index (χ0n) is 6.42. The Morgan fingerprint density at radius 3 is 2.91 bits per heavy atom. The lowest BCUT2D eigenvalue weighted by atomic mass is 10.1. The zero-order chi connectivity index (χ0) is 8.27. The molecule has 0 unspecified atom stereocenters. The summed E-state index contributed by atoms with van der Waals surface area (Å²) in [5.74, 6) is 0. The SMILES string of the molecule is CC[C@H](N)c1cccc(Cl)n1. The Balaban J connectivity index is 2.86. The maximum atomic E-state index is 5.74. The fourth-order valence-electron chi connectivity index (χ4n) is 0.840. The van der Waals surface area contributed by atoms with Gasteiger partial charge in [0.15, 0.2) is 0 Å². The van der Waals surface area contributed by atoms with E-state index in [1.54, 1.807) is 6.07 Å². The van der Waals surface area contributed by atoms with E-state index in [-0.39, 0.29) is 6.04 Å². The number of nitrogens with two attached hydrogens (primary N) is 1. The van der Waals surface area contributed by atoms with Crippen LogP contribution in [0.4, 0.5) is 0 Å². The molecule has 0 bridgehead atoms. The van der Waals surface area contributed by atoms with E-state index in [4.69, 9.17) is 17.3 Å². The number of nitrogens with zero attached hydrogens (tertiary/aromatic N) is 1. The van der Waals surface area contributed by atoms with Crippen LogP contribution in [-0.4, -0.2) is 4.98 Å². The predicted molar refractivity (Wildman–Crippen MR) is 46.5 cm³/mol. The number of pyridine rings is 1. The molecule has 0 aliphatic heterocycles. The van der Waals surface area contributed by atoms with Crippen LogP contribution in [0.5, 0.6) is 0 Å². The van der Waals surface area contributed by atoms with Gasteiger partial charge in [0.2, 0.25) is 0 Å². The average Bonchev–Trinajstić information content (AvgIpc) is 2.03. The molecule has 11 heavy (non-hydrogen) atoms. The molecular formula is C8H11ClN2. The van der Waals surface area contributed by atoms with Crippen molar-refractivity contribution in [3.63, 3.8) is 0 Å². The molecule has 2 nitrogen and oxygen atoms in total. The summed E-state index contributed by atoms with van der Waals surface area (Å²) in [6, 6.07) is 5.50. The second-order valence-corrected chi connectivity index (χ2v) is 2.79. The normalized spacial score (nSPS) is 13.0. The second kappa shape index (κ2) is 3.69. The molecule has 1 heterocycles. The van der Waals surface area contributed by atoms with Crippen LogP contribution in [0.25, 0.3) is 0 Å². The highest BCUT2D eigenvalue weighted by molar-refractivity contribution is 6.29. The van der Waals surface area contributed by atoms with Crippen LogP contribution >= 0.6 is 11.6 Å². The van der Waals surface area contributed by atoms with Gasteiger partial charge in [-0.25, -0.2) is 4.98 Å². The van der Waals surface area contributed by atoms with Crippen molar-refractivity contribution < 1.29 is 0 Å². The van der Waals surface area contributed by atoms with Crippen LogP contribution in [0.1, 0.15) is 25.1 Å². The van der Waals surface area contributed by atoms with Crippen molar-refractivity contribution in [2.75, 3.05) is 0 Å². The van der Waals surface area contributed by atoms with Gasteiger partial charge in [-0.3, -0.25) is 0 Å². The van der Waals surface area contributed by atoms with E-state index in [0.717, 1.165) is 12.1 Å². The average molecular weight is 171 g/mol. The monoisotopic (exact) mass is 170 g/mol. The van der Waals surface area contributed by atoms with Gasteiger partial charge in [-0.15, -0.1) is 0 Å². The smallest absolute Gasteiger partial charge is 0.129 e. The Bertz CT molecular complexity index is 237. The minimum Gasteiger partial charge on any atom is -0.323 e. The first-order valence-corrected chi connectivity index (χ1v) is 4.00. The molecule has 2 N–H and O–H groups in total. The van der Waals surface area contributed by atoms with E-state index in [1.807, 2.05) is 19.1 Å². The fraction of sp³-hybridized carbons (Fsp3) is 0.375. The van der Waals surface area contributed by atoms with Gasteiger partial charge in [0.1, 0.15) is 5.15 Å². The van der Waals surface area contributed by atoms with Gasteiger partial charge in [-0.2, -0.15) is 0 Å². The van der Waals surface area contributed by atoms with E-state index < -0.39 is 0 Å². The van der Waals surface area contributed by atoms with Crippen molar-refractivity contribution in [3.8, 4) is 0 Å². The Hall–Kier alpha value is -0.600. The van der Waals surface area contributed by atoms with Crippen molar-refractivity contribution in [2.45, 2.75) is 19.4 Å². The molecule has 0 aliphatic rings. The first kappa shape index (κ1) is 8.50. The predicted octanol–water partition coefficient (Wildman–Crippen LogP) is 2.14. The van der Waals surface area contributed by atoms with Crippen LogP contribution in [-0.2, 0) is 0 Å². The Kier molecular flexibility index (Phi) is 2.85. The fourth-order valence-corrected chi connectivity index (χ4v) is 1.01. The molecule has 0 radical (unpaired) electrons. The Labute approximate surface area is 71.4 Å². The summed E-state index contributed by atoms with van der Waals surface area (Å²) in [6.07, 6.45) is 0.882. The lowest BCUT2D eigenvalue weighted by Gasteiger charge is -2.06. The van der Waals surface area contributed by atoms with Gasteiger partial charge in [-0.1, -0.05) is 24.6 Å². The van der Waals surface area contributed by atoms with Crippen LogP contribution < -0.4 is 5.73 Å². The molecular weight excluding hydrogens is 160 g/mol. The molecule has 0 spiro atoms. The zero-order valence-corrected chi connectivity index (χ0v) is 7.17. The topological polar surface area (TPSA) is 38.9 Å². The molecule has 1 rings (SSSR count). The van der Waals surface area contributed by atoms with Gasteiger partial charge in [0.25, 0.3) is 0 Å². The number of halogens is 1. The van der Waals surface area contributed by atoms with Gasteiger partial charge >= 0.3 is 0 Å². The van der Waals surface area contributed by atoms with Crippen molar-refractivity contribution in [1.82, 2.24) is 4.98 Å². The van der Waals surface area contributed by atoms with E-state index in [9.17, 15) is 0 Å². The summed E-state index contributed by atoms with van der Waals surface area (Å²) in [5.41, 5.74) is 6.60. The van der Waals surface area contributed by atoms with Crippen molar-refractivity contribution in [3.05, 3.63) is 29.0 Å². The first-order valence-electron chi connectivity index (χ1n) is 3.62. The van der Waals surface area contributed by atoms with Crippen LogP contribution in [0.2, 0.25) is 5.15 Å². The lowest BCUT2D eigenvalue weighted by Crippen LogP contribution is -2.10. The van der Waals surface area contributed by atoms with Crippen molar-refractivity contribution in [2.24, 2.45) is 5.73 Å². The van der Waals surface area contributed by atoms with Crippen molar-refractivity contribution in [1.29, 1.82) is 0 Å². The molecule has 0 aliphatic carbocycles. The molecule has 3 heteroatoms. The highest BCUT2D eigenvalue weighted by Crippen LogP contribution is 2.13. The third kappa shape index (κ3) is 2.17. The summed E-state index contributed by atoms with van der Waals surface area (Å²) in [7, 11) is 0. The minimum absolute atomic E-state index is 0.00806. The minimum atomic E-state index is 0.00806. The number of hydrogen-bond donors (Lipinski definition) is 1. The molecule has 1 aromatic heterocycles. The molecule has 0 amide bonds. The first-order chi connectivity index (χ1) is 5.24. The largest absolute Gasteiger partial charge is 0.323 e. The molecule has 1 atom stereocenters. The molecule has 60 valence electrons. The summed E-state index contributed by atoms with van der Waals surface area (Å²) in [4.78, 5) is 4.08. The molecule has 0 saturated heterocycles. The standard InChI is InChI=1S/C8H11ClN2/c1-2-6(10)7-4-3-5-8(9)11-7/h3-6H,2,10H2,1H3/t6-/m0/s1.